The van der Waals surface area contributed by atoms with Gasteiger partial charge in [0.05, 0.1) is 11.5 Å². The Morgan fingerprint density at radius 2 is 1.66 bits per heavy atom. The Morgan fingerprint density at radius 3 is 2.38 bits per heavy atom. The van der Waals surface area contributed by atoms with Gasteiger partial charge in [-0.15, -0.1) is 11.8 Å². The van der Waals surface area contributed by atoms with Crippen molar-refractivity contribution in [3.63, 3.8) is 0 Å². The Bertz CT molecular complexity index is 1050. The van der Waals surface area contributed by atoms with Crippen LogP contribution in [-0.2, 0) is 9.59 Å². The molecule has 0 saturated carbocycles. The molecule has 1 aromatic heterocycles. The number of hydrogen-bond donors (Lipinski definition) is 3. The summed E-state index contributed by atoms with van der Waals surface area (Å²) in [6.07, 6.45) is 0. The Kier molecular flexibility index (Phi) is 6.50. The molecule has 150 valence electrons. The van der Waals surface area contributed by atoms with Crippen LogP contribution in [0.5, 0.6) is 0 Å². The number of halogens is 1. The van der Waals surface area contributed by atoms with Gasteiger partial charge in [-0.25, -0.2) is 4.39 Å². The minimum absolute atomic E-state index is 0.0292. The van der Waals surface area contributed by atoms with E-state index in [0.29, 0.717) is 16.8 Å². The summed E-state index contributed by atoms with van der Waals surface area (Å²) in [5, 5.41) is 3.42. The Hall–Kier alpha value is -3.33. The molecule has 3 rings (SSSR count). The Morgan fingerprint density at radius 1 is 0.966 bits per heavy atom. The van der Waals surface area contributed by atoms with Gasteiger partial charge in [0.15, 0.2) is 5.76 Å². The molecular weight excluding hydrogens is 397 g/mol. The smallest absolute Gasteiger partial charge is 0.305 e. The first kappa shape index (κ1) is 20.4. The number of carbonyl (C=O) groups is 3. The second-order valence-electron chi connectivity index (χ2n) is 6.10. The highest BCUT2D eigenvalue weighted by Gasteiger charge is 2.17. The van der Waals surface area contributed by atoms with Crippen molar-refractivity contribution in [2.75, 3.05) is 16.8 Å². The lowest BCUT2D eigenvalue weighted by Crippen LogP contribution is -2.42. The van der Waals surface area contributed by atoms with E-state index in [4.69, 9.17) is 4.42 Å². The number of benzene rings is 2. The van der Waals surface area contributed by atoms with Crippen LogP contribution in [0, 0.1) is 12.7 Å². The highest BCUT2D eigenvalue weighted by Crippen LogP contribution is 2.24. The number of hydrazine groups is 1. The van der Waals surface area contributed by atoms with Crippen molar-refractivity contribution in [2.45, 2.75) is 6.92 Å². The molecule has 0 unspecified atom stereocenters. The van der Waals surface area contributed by atoms with E-state index < -0.39 is 17.6 Å². The van der Waals surface area contributed by atoms with Crippen LogP contribution in [-0.4, -0.2) is 29.2 Å². The van der Waals surface area contributed by atoms with Crippen LogP contribution < -0.4 is 16.2 Å². The highest BCUT2D eigenvalue weighted by molar-refractivity contribution is 8.00. The number of rotatable bonds is 6. The summed E-state index contributed by atoms with van der Waals surface area (Å²) in [6.45, 7) is 1.76. The molecule has 3 aromatic rings. The van der Waals surface area contributed by atoms with Gasteiger partial charge in [-0.05, 0) is 37.3 Å². The minimum atomic E-state index is -0.564. The summed E-state index contributed by atoms with van der Waals surface area (Å²) in [7, 11) is 0. The monoisotopic (exact) mass is 415 g/mol. The van der Waals surface area contributed by atoms with E-state index in [1.165, 1.54) is 24.3 Å². The maximum atomic E-state index is 12.8. The van der Waals surface area contributed by atoms with Gasteiger partial charge in [0.2, 0.25) is 11.8 Å². The molecule has 3 amide bonds. The first-order valence-electron chi connectivity index (χ1n) is 8.64. The maximum Gasteiger partial charge on any atom is 0.305 e. The van der Waals surface area contributed by atoms with Crippen molar-refractivity contribution in [1.29, 1.82) is 0 Å². The van der Waals surface area contributed by atoms with Crippen LogP contribution >= 0.6 is 11.8 Å². The van der Waals surface area contributed by atoms with Gasteiger partial charge in [0.1, 0.15) is 11.4 Å². The molecule has 0 atom stereocenters. The van der Waals surface area contributed by atoms with Gasteiger partial charge < -0.3 is 9.73 Å². The van der Waals surface area contributed by atoms with Crippen molar-refractivity contribution in [2.24, 2.45) is 0 Å². The summed E-state index contributed by atoms with van der Waals surface area (Å²) in [5.41, 5.74) is 6.33. The van der Waals surface area contributed by atoms with E-state index in [-0.39, 0.29) is 23.2 Å². The quantitative estimate of drug-likeness (QED) is 0.538. The van der Waals surface area contributed by atoms with E-state index in [1.54, 1.807) is 19.1 Å². The maximum absolute atomic E-state index is 12.8. The summed E-state index contributed by atoms with van der Waals surface area (Å²) in [4.78, 5) is 35.9. The van der Waals surface area contributed by atoms with Crippen molar-refractivity contribution in [3.8, 4) is 0 Å². The van der Waals surface area contributed by atoms with Crippen molar-refractivity contribution < 1.29 is 23.2 Å². The number of aryl methyl sites for hydroxylation is 1. The molecule has 0 saturated heterocycles. The topological polar surface area (TPSA) is 100 Å². The SMILES string of the molecule is Cc1c(C(=O)NNC(=O)CSCC(=O)Nc2ccc(F)cc2)oc2ccccc12. The van der Waals surface area contributed by atoms with Gasteiger partial charge in [-0.3, -0.25) is 25.2 Å². The molecule has 3 N–H and O–H groups in total. The molecule has 0 aliphatic rings. The van der Waals surface area contributed by atoms with Gasteiger partial charge >= 0.3 is 5.91 Å². The lowest BCUT2D eigenvalue weighted by atomic mass is 10.1. The number of amides is 3. The highest BCUT2D eigenvalue weighted by atomic mass is 32.2. The average molecular weight is 415 g/mol. The summed E-state index contributed by atoms with van der Waals surface area (Å²) in [5.74, 6) is -1.63. The number of nitrogens with one attached hydrogen (secondary N) is 3. The van der Waals surface area contributed by atoms with Gasteiger partial charge in [-0.2, -0.15) is 0 Å². The van der Waals surface area contributed by atoms with Gasteiger partial charge in [0, 0.05) is 16.6 Å². The first-order valence-corrected chi connectivity index (χ1v) is 9.80. The molecule has 0 spiro atoms. The molecule has 7 nitrogen and oxygen atoms in total. The summed E-state index contributed by atoms with van der Waals surface area (Å²) < 4.78 is 18.4. The predicted octanol–water partition coefficient (Wildman–Crippen LogP) is 3.01. The van der Waals surface area contributed by atoms with Crippen molar-refractivity contribution in [1.82, 2.24) is 10.9 Å². The molecule has 0 aliphatic heterocycles. The fraction of sp³-hybridized carbons (Fsp3) is 0.150. The van der Waals surface area contributed by atoms with Crippen molar-refractivity contribution in [3.05, 3.63) is 65.7 Å². The summed E-state index contributed by atoms with van der Waals surface area (Å²) in [6, 6.07) is 12.6. The molecule has 9 heteroatoms. The van der Waals surface area contributed by atoms with Gasteiger partial charge in [-0.1, -0.05) is 18.2 Å². The van der Waals surface area contributed by atoms with Gasteiger partial charge in [0.25, 0.3) is 0 Å². The molecular formula is C20H18FN3O4S. The van der Waals surface area contributed by atoms with E-state index in [1.807, 2.05) is 12.1 Å². The molecule has 29 heavy (non-hydrogen) atoms. The third-order valence-corrected chi connectivity index (χ3v) is 4.89. The zero-order chi connectivity index (χ0) is 20.8. The molecule has 0 bridgehead atoms. The van der Waals surface area contributed by atoms with E-state index >= 15 is 0 Å². The number of furan rings is 1. The van der Waals surface area contributed by atoms with E-state index in [9.17, 15) is 18.8 Å². The van der Waals surface area contributed by atoms with Crippen LogP contribution in [0.25, 0.3) is 11.0 Å². The van der Waals surface area contributed by atoms with E-state index in [0.717, 1.165) is 17.1 Å². The van der Waals surface area contributed by atoms with Crippen LogP contribution in [0.2, 0.25) is 0 Å². The fourth-order valence-corrected chi connectivity index (χ4v) is 3.19. The lowest BCUT2D eigenvalue weighted by molar-refractivity contribution is -0.119. The van der Waals surface area contributed by atoms with Crippen molar-refractivity contribution >= 4 is 46.1 Å². The molecule has 1 heterocycles. The minimum Gasteiger partial charge on any atom is -0.451 e. The number of fused-ring (bicyclic) bond motifs is 1. The predicted molar refractivity (Wildman–Crippen MR) is 109 cm³/mol. The summed E-state index contributed by atoms with van der Waals surface area (Å²) >= 11 is 1.07. The normalized spacial score (nSPS) is 10.6. The van der Waals surface area contributed by atoms with Crippen LogP contribution in [0.1, 0.15) is 16.1 Å². The zero-order valence-electron chi connectivity index (χ0n) is 15.5. The Labute approximate surface area is 170 Å². The average Bonchev–Trinajstić information content (AvgIpc) is 3.05. The number of anilines is 1. The standard InChI is InChI=1S/C20H18FN3O4S/c1-12-15-4-2-3-5-16(15)28-19(12)20(27)24-23-18(26)11-29-10-17(25)22-14-8-6-13(21)7-9-14/h2-9H,10-11H2,1H3,(H,22,25)(H,23,26)(H,24,27). The van der Waals surface area contributed by atoms with Crippen LogP contribution in [0.4, 0.5) is 10.1 Å². The molecule has 2 aromatic carbocycles. The van der Waals surface area contributed by atoms with Crippen LogP contribution in [0.3, 0.4) is 0 Å². The first-order chi connectivity index (χ1) is 13.9. The largest absolute Gasteiger partial charge is 0.451 e. The number of hydrogen-bond acceptors (Lipinski definition) is 5. The zero-order valence-corrected chi connectivity index (χ0v) is 16.3. The fourth-order valence-electron chi connectivity index (χ4n) is 2.58. The third kappa shape index (κ3) is 5.35. The lowest BCUT2D eigenvalue weighted by Gasteiger charge is -2.07. The Balaban J connectivity index is 1.41. The number of carbonyl (C=O) groups excluding carboxylic acids is 3. The molecule has 0 radical (unpaired) electrons. The second-order valence-corrected chi connectivity index (χ2v) is 7.09. The molecule has 0 aliphatic carbocycles. The number of para-hydroxylation sites is 1. The molecule has 0 fully saturated rings. The van der Waals surface area contributed by atoms with E-state index in [2.05, 4.69) is 16.2 Å². The second kappa shape index (κ2) is 9.24. The van der Waals surface area contributed by atoms with Crippen LogP contribution in [0.15, 0.2) is 52.9 Å². The number of thioether (sulfide) groups is 1. The third-order valence-electron chi connectivity index (χ3n) is 3.96.